The fourth-order valence-corrected chi connectivity index (χ4v) is 3.69. The van der Waals surface area contributed by atoms with Gasteiger partial charge < -0.3 is 5.73 Å². The van der Waals surface area contributed by atoms with Crippen LogP contribution in [-0.2, 0) is 18.7 Å². The third kappa shape index (κ3) is 3.34. The number of nitrogen functional groups attached to an aromatic ring is 1. The van der Waals surface area contributed by atoms with Crippen molar-refractivity contribution < 1.29 is 0 Å². The first-order valence-electron chi connectivity index (χ1n) is 6.38. The highest BCUT2D eigenvalue weighted by Gasteiger charge is 2.13. The molecule has 0 bridgehead atoms. The average molecular weight is 340 g/mol. The van der Waals surface area contributed by atoms with Crippen molar-refractivity contribution in [1.29, 1.82) is 0 Å². The average Bonchev–Trinajstić information content (AvgIpc) is 2.74. The van der Waals surface area contributed by atoms with Crippen molar-refractivity contribution in [2.24, 2.45) is 0 Å². The minimum atomic E-state index is 0.803. The van der Waals surface area contributed by atoms with E-state index in [9.17, 15) is 0 Å². The van der Waals surface area contributed by atoms with Gasteiger partial charge in [0.15, 0.2) is 0 Å². The summed E-state index contributed by atoms with van der Waals surface area (Å²) in [6.45, 7) is 5.15. The molecule has 0 amide bonds. The highest BCUT2D eigenvalue weighted by molar-refractivity contribution is 9.10. The Morgan fingerprint density at radius 3 is 2.53 bits per heavy atom. The van der Waals surface area contributed by atoms with Gasteiger partial charge in [0.05, 0.1) is 15.9 Å². The highest BCUT2D eigenvalue weighted by Crippen LogP contribution is 2.29. The van der Waals surface area contributed by atoms with Crippen LogP contribution in [0.5, 0.6) is 0 Å². The molecule has 0 fully saturated rings. The lowest BCUT2D eigenvalue weighted by Crippen LogP contribution is -2.01. The maximum Gasteiger partial charge on any atom is 0.0767 e. The molecule has 0 spiro atoms. The second-order valence-electron chi connectivity index (χ2n) is 4.23. The fourth-order valence-electron chi connectivity index (χ4n) is 1.87. The fraction of sp³-hybridized carbons (Fsp3) is 0.357. The molecule has 5 heteroatoms. The first kappa shape index (κ1) is 14.5. The van der Waals surface area contributed by atoms with Gasteiger partial charge >= 0.3 is 0 Å². The summed E-state index contributed by atoms with van der Waals surface area (Å²) in [7, 11) is 0. The third-order valence-corrected chi connectivity index (χ3v) is 4.89. The standard InChI is InChI=1S/C14H18BrN3S/c1-3-12-14(15)13(18(4-2)17-12)9-19-11-7-5-10(16)6-8-11/h5-8H,3-4,9,16H2,1-2H3. The van der Waals surface area contributed by atoms with Crippen LogP contribution in [0.15, 0.2) is 33.6 Å². The van der Waals surface area contributed by atoms with Crippen molar-refractivity contribution in [2.75, 3.05) is 5.73 Å². The van der Waals surface area contributed by atoms with Gasteiger partial charge in [-0.1, -0.05) is 6.92 Å². The molecule has 2 aromatic rings. The summed E-state index contributed by atoms with van der Waals surface area (Å²) in [6.07, 6.45) is 0.952. The Bertz CT molecular complexity index is 549. The van der Waals surface area contributed by atoms with E-state index in [0.29, 0.717) is 0 Å². The van der Waals surface area contributed by atoms with Gasteiger partial charge in [0.2, 0.25) is 0 Å². The van der Waals surface area contributed by atoms with Crippen LogP contribution in [0.25, 0.3) is 0 Å². The Morgan fingerprint density at radius 2 is 1.95 bits per heavy atom. The number of anilines is 1. The van der Waals surface area contributed by atoms with Crippen LogP contribution in [0.2, 0.25) is 0 Å². The summed E-state index contributed by atoms with van der Waals surface area (Å²) >= 11 is 5.47. The summed E-state index contributed by atoms with van der Waals surface area (Å²) in [5.74, 6) is 0.908. The molecule has 0 aliphatic rings. The molecular formula is C14H18BrN3S. The number of nitrogens with two attached hydrogens (primary N) is 1. The highest BCUT2D eigenvalue weighted by atomic mass is 79.9. The number of nitrogens with zero attached hydrogens (tertiary/aromatic N) is 2. The van der Waals surface area contributed by atoms with Gasteiger partial charge in [-0.3, -0.25) is 4.68 Å². The van der Waals surface area contributed by atoms with E-state index in [-0.39, 0.29) is 0 Å². The molecule has 102 valence electrons. The van der Waals surface area contributed by atoms with Crippen LogP contribution in [0.4, 0.5) is 5.69 Å². The summed E-state index contributed by atoms with van der Waals surface area (Å²) < 4.78 is 3.23. The molecule has 0 radical (unpaired) electrons. The number of benzene rings is 1. The second kappa shape index (κ2) is 6.48. The van der Waals surface area contributed by atoms with Crippen LogP contribution >= 0.6 is 27.7 Å². The predicted octanol–water partition coefficient (Wildman–Crippen LogP) is 4.10. The molecule has 2 N–H and O–H groups in total. The summed E-state index contributed by atoms with van der Waals surface area (Å²) in [5.41, 5.74) is 8.88. The lowest BCUT2D eigenvalue weighted by molar-refractivity contribution is 0.627. The summed E-state index contributed by atoms with van der Waals surface area (Å²) in [6, 6.07) is 7.99. The molecular weight excluding hydrogens is 322 g/mol. The molecule has 0 aliphatic heterocycles. The van der Waals surface area contributed by atoms with E-state index in [2.05, 4.69) is 51.7 Å². The predicted molar refractivity (Wildman–Crippen MR) is 85.4 cm³/mol. The van der Waals surface area contributed by atoms with Gasteiger partial charge in [-0.2, -0.15) is 5.10 Å². The normalized spacial score (nSPS) is 10.9. The van der Waals surface area contributed by atoms with E-state index in [1.807, 2.05) is 12.1 Å². The van der Waals surface area contributed by atoms with Gasteiger partial charge in [0, 0.05) is 22.9 Å². The molecule has 0 saturated carbocycles. The Balaban J connectivity index is 2.14. The molecule has 0 atom stereocenters. The summed E-state index contributed by atoms with van der Waals surface area (Å²) in [5, 5.41) is 4.61. The molecule has 1 aromatic carbocycles. The quantitative estimate of drug-likeness (QED) is 0.658. The van der Waals surface area contributed by atoms with Crippen molar-refractivity contribution in [1.82, 2.24) is 9.78 Å². The first-order valence-corrected chi connectivity index (χ1v) is 8.16. The van der Waals surface area contributed by atoms with Crippen molar-refractivity contribution in [3.8, 4) is 0 Å². The number of hydrogen-bond acceptors (Lipinski definition) is 3. The summed E-state index contributed by atoms with van der Waals surface area (Å²) in [4.78, 5) is 1.23. The van der Waals surface area contributed by atoms with Gasteiger partial charge in [-0.05, 0) is 53.5 Å². The van der Waals surface area contributed by atoms with Gasteiger partial charge in [0.1, 0.15) is 0 Å². The Kier molecular flexibility index (Phi) is 4.93. The molecule has 0 saturated heterocycles. The maximum absolute atomic E-state index is 5.69. The van der Waals surface area contributed by atoms with E-state index in [1.165, 1.54) is 10.6 Å². The zero-order chi connectivity index (χ0) is 13.8. The van der Waals surface area contributed by atoms with Crippen molar-refractivity contribution in [2.45, 2.75) is 37.5 Å². The number of aromatic nitrogens is 2. The SMILES string of the molecule is CCc1nn(CC)c(CSc2ccc(N)cc2)c1Br. The van der Waals surface area contributed by atoms with E-state index in [4.69, 9.17) is 5.73 Å². The largest absolute Gasteiger partial charge is 0.399 e. The molecule has 0 unspecified atom stereocenters. The second-order valence-corrected chi connectivity index (χ2v) is 6.08. The third-order valence-electron chi connectivity index (χ3n) is 2.95. The minimum absolute atomic E-state index is 0.803. The Hall–Kier alpha value is -0.940. The zero-order valence-corrected chi connectivity index (χ0v) is 13.6. The minimum Gasteiger partial charge on any atom is -0.399 e. The van der Waals surface area contributed by atoms with Crippen LogP contribution in [0, 0.1) is 0 Å². The van der Waals surface area contributed by atoms with Crippen LogP contribution in [0.1, 0.15) is 25.2 Å². The van der Waals surface area contributed by atoms with E-state index in [0.717, 1.165) is 34.6 Å². The van der Waals surface area contributed by atoms with Crippen LogP contribution in [-0.4, -0.2) is 9.78 Å². The van der Waals surface area contributed by atoms with Crippen molar-refractivity contribution in [3.63, 3.8) is 0 Å². The molecule has 1 heterocycles. The van der Waals surface area contributed by atoms with Gasteiger partial charge in [0.25, 0.3) is 0 Å². The molecule has 1 aromatic heterocycles. The topological polar surface area (TPSA) is 43.8 Å². The van der Waals surface area contributed by atoms with Crippen LogP contribution in [0.3, 0.4) is 0 Å². The maximum atomic E-state index is 5.69. The zero-order valence-electron chi connectivity index (χ0n) is 11.2. The van der Waals surface area contributed by atoms with Gasteiger partial charge in [-0.15, -0.1) is 11.8 Å². The van der Waals surface area contributed by atoms with Gasteiger partial charge in [-0.25, -0.2) is 0 Å². The Morgan fingerprint density at radius 1 is 1.26 bits per heavy atom. The van der Waals surface area contributed by atoms with Crippen molar-refractivity contribution >= 4 is 33.4 Å². The number of hydrogen-bond donors (Lipinski definition) is 1. The molecule has 3 nitrogen and oxygen atoms in total. The van der Waals surface area contributed by atoms with Crippen LogP contribution < -0.4 is 5.73 Å². The van der Waals surface area contributed by atoms with E-state index >= 15 is 0 Å². The lowest BCUT2D eigenvalue weighted by atomic mass is 10.3. The number of aryl methyl sites for hydroxylation is 2. The number of rotatable bonds is 5. The molecule has 2 rings (SSSR count). The van der Waals surface area contributed by atoms with Crippen molar-refractivity contribution in [3.05, 3.63) is 40.1 Å². The first-order chi connectivity index (χ1) is 9.15. The van der Waals surface area contributed by atoms with E-state index < -0.39 is 0 Å². The molecule has 0 aliphatic carbocycles. The lowest BCUT2D eigenvalue weighted by Gasteiger charge is -2.05. The number of thioether (sulfide) groups is 1. The van der Waals surface area contributed by atoms with E-state index in [1.54, 1.807) is 11.8 Å². The number of halogens is 1. The Labute approximate surface area is 126 Å². The smallest absolute Gasteiger partial charge is 0.0767 e. The molecule has 19 heavy (non-hydrogen) atoms. The monoisotopic (exact) mass is 339 g/mol.